The second kappa shape index (κ2) is 11.8. The lowest BCUT2D eigenvalue weighted by atomic mass is 10.1. The van der Waals surface area contributed by atoms with Crippen LogP contribution in [0.5, 0.6) is 17.2 Å². The minimum atomic E-state index is 0.718. The van der Waals surface area contributed by atoms with E-state index in [-0.39, 0.29) is 0 Å². The second-order valence-electron chi connectivity index (χ2n) is 6.70. The number of aliphatic imine (C=N–C) groups is 1. The summed E-state index contributed by atoms with van der Waals surface area (Å²) in [6.45, 7) is 4.48. The van der Waals surface area contributed by atoms with Crippen LogP contribution in [0.1, 0.15) is 18.1 Å². The van der Waals surface area contributed by atoms with E-state index in [9.17, 15) is 0 Å². The summed E-state index contributed by atoms with van der Waals surface area (Å²) in [6, 6.07) is 14.2. The van der Waals surface area contributed by atoms with Crippen LogP contribution in [0.3, 0.4) is 0 Å². The average Bonchev–Trinajstić information content (AvgIpc) is 2.76. The minimum Gasteiger partial charge on any atom is -0.497 e. The second-order valence-corrected chi connectivity index (χ2v) is 6.70. The van der Waals surface area contributed by atoms with Gasteiger partial charge in [-0.3, -0.25) is 4.99 Å². The highest BCUT2D eigenvalue weighted by molar-refractivity contribution is 5.79. The first-order chi connectivity index (χ1) is 14.1. The molecule has 0 saturated heterocycles. The Hall–Kier alpha value is -2.89. The summed E-state index contributed by atoms with van der Waals surface area (Å²) < 4.78 is 16.0. The summed E-state index contributed by atoms with van der Waals surface area (Å²) in [7, 11) is 7.06. The van der Waals surface area contributed by atoms with Gasteiger partial charge in [0.05, 0.1) is 21.3 Å². The summed E-state index contributed by atoms with van der Waals surface area (Å²) in [4.78, 5) is 6.94. The zero-order valence-corrected chi connectivity index (χ0v) is 18.2. The molecule has 0 unspecified atom stereocenters. The molecule has 0 spiro atoms. The standard InChI is InChI=1S/C23H33N3O3/c1-6-24-23(25-14-12-18-8-7-9-20(16-18)27-3)26(2)15-13-19-10-11-21(28-4)22(17-19)29-5/h7-11,16-17H,6,12-15H2,1-5H3,(H,24,25). The highest BCUT2D eigenvalue weighted by Crippen LogP contribution is 2.27. The quantitative estimate of drug-likeness (QED) is 0.490. The van der Waals surface area contributed by atoms with Gasteiger partial charge in [0, 0.05) is 26.7 Å². The van der Waals surface area contributed by atoms with Crippen molar-refractivity contribution >= 4 is 5.96 Å². The van der Waals surface area contributed by atoms with Crippen molar-refractivity contribution in [2.24, 2.45) is 4.99 Å². The molecule has 0 aliphatic rings. The molecule has 0 radical (unpaired) electrons. The number of benzene rings is 2. The van der Waals surface area contributed by atoms with Crippen molar-refractivity contribution in [2.75, 3.05) is 48.0 Å². The minimum absolute atomic E-state index is 0.718. The van der Waals surface area contributed by atoms with Gasteiger partial charge in [-0.1, -0.05) is 18.2 Å². The first kappa shape index (κ1) is 22.4. The SMILES string of the molecule is CCNC(=NCCc1cccc(OC)c1)N(C)CCc1ccc(OC)c(OC)c1. The van der Waals surface area contributed by atoms with Gasteiger partial charge in [0.1, 0.15) is 5.75 Å². The summed E-state index contributed by atoms with van der Waals surface area (Å²) in [5, 5.41) is 3.37. The van der Waals surface area contributed by atoms with E-state index in [1.165, 1.54) is 11.1 Å². The lowest BCUT2D eigenvalue weighted by Gasteiger charge is -2.22. The summed E-state index contributed by atoms with van der Waals surface area (Å²) >= 11 is 0. The van der Waals surface area contributed by atoms with Gasteiger partial charge in [0.15, 0.2) is 17.5 Å². The molecule has 1 N–H and O–H groups in total. The molecule has 0 amide bonds. The smallest absolute Gasteiger partial charge is 0.193 e. The first-order valence-corrected chi connectivity index (χ1v) is 9.94. The fourth-order valence-electron chi connectivity index (χ4n) is 3.03. The van der Waals surface area contributed by atoms with Gasteiger partial charge in [-0.2, -0.15) is 0 Å². The van der Waals surface area contributed by atoms with Crippen molar-refractivity contribution < 1.29 is 14.2 Å². The predicted molar refractivity (Wildman–Crippen MR) is 119 cm³/mol. The van der Waals surface area contributed by atoms with E-state index in [0.717, 1.165) is 55.7 Å². The Morgan fingerprint density at radius 2 is 1.69 bits per heavy atom. The number of hydrogen-bond donors (Lipinski definition) is 1. The highest BCUT2D eigenvalue weighted by Gasteiger charge is 2.08. The van der Waals surface area contributed by atoms with Gasteiger partial charge in [-0.25, -0.2) is 0 Å². The maximum Gasteiger partial charge on any atom is 0.193 e. The van der Waals surface area contributed by atoms with Crippen LogP contribution in [-0.2, 0) is 12.8 Å². The summed E-state index contributed by atoms with van der Waals surface area (Å²) in [5.74, 6) is 3.30. The van der Waals surface area contributed by atoms with Crippen LogP contribution in [-0.4, -0.2) is 58.9 Å². The summed E-state index contributed by atoms with van der Waals surface area (Å²) in [6.07, 6.45) is 1.76. The van der Waals surface area contributed by atoms with Crippen molar-refractivity contribution in [1.82, 2.24) is 10.2 Å². The lowest BCUT2D eigenvalue weighted by Crippen LogP contribution is -2.40. The van der Waals surface area contributed by atoms with Crippen molar-refractivity contribution in [3.8, 4) is 17.2 Å². The number of ether oxygens (including phenoxy) is 3. The van der Waals surface area contributed by atoms with E-state index in [4.69, 9.17) is 19.2 Å². The maximum absolute atomic E-state index is 5.40. The summed E-state index contributed by atoms with van der Waals surface area (Å²) in [5.41, 5.74) is 2.42. The molecule has 158 valence electrons. The van der Waals surface area contributed by atoms with Gasteiger partial charge in [0.2, 0.25) is 0 Å². The highest BCUT2D eigenvalue weighted by atomic mass is 16.5. The Morgan fingerprint density at radius 3 is 2.38 bits per heavy atom. The van der Waals surface area contributed by atoms with E-state index < -0.39 is 0 Å². The van der Waals surface area contributed by atoms with Crippen LogP contribution in [0.15, 0.2) is 47.5 Å². The molecule has 6 heteroatoms. The first-order valence-electron chi connectivity index (χ1n) is 9.94. The van der Waals surface area contributed by atoms with Gasteiger partial charge in [-0.05, 0) is 55.2 Å². The third-order valence-electron chi connectivity index (χ3n) is 4.68. The Morgan fingerprint density at radius 1 is 0.931 bits per heavy atom. The number of methoxy groups -OCH3 is 3. The number of nitrogens with one attached hydrogen (secondary N) is 1. The van der Waals surface area contributed by atoms with E-state index in [0.29, 0.717) is 0 Å². The van der Waals surface area contributed by atoms with Gasteiger partial charge in [-0.15, -0.1) is 0 Å². The molecule has 0 heterocycles. The van der Waals surface area contributed by atoms with Crippen LogP contribution < -0.4 is 19.5 Å². The fourth-order valence-corrected chi connectivity index (χ4v) is 3.03. The van der Waals surface area contributed by atoms with Crippen LogP contribution in [0, 0.1) is 0 Å². The van der Waals surface area contributed by atoms with E-state index in [1.807, 2.05) is 24.3 Å². The molecule has 0 aliphatic heterocycles. The topological polar surface area (TPSA) is 55.3 Å². The van der Waals surface area contributed by atoms with Crippen molar-refractivity contribution in [2.45, 2.75) is 19.8 Å². The number of rotatable bonds is 10. The molecule has 2 aromatic carbocycles. The van der Waals surface area contributed by atoms with Crippen molar-refractivity contribution in [3.05, 3.63) is 53.6 Å². The number of nitrogens with zero attached hydrogens (tertiary/aromatic N) is 2. The number of guanidine groups is 1. The van der Waals surface area contributed by atoms with E-state index >= 15 is 0 Å². The average molecular weight is 400 g/mol. The fraction of sp³-hybridized carbons (Fsp3) is 0.435. The molecule has 0 aliphatic carbocycles. The molecule has 29 heavy (non-hydrogen) atoms. The lowest BCUT2D eigenvalue weighted by molar-refractivity contribution is 0.354. The van der Waals surface area contributed by atoms with Crippen molar-refractivity contribution in [1.29, 1.82) is 0 Å². The van der Waals surface area contributed by atoms with Crippen LogP contribution in [0.25, 0.3) is 0 Å². The zero-order valence-electron chi connectivity index (χ0n) is 18.2. The molecule has 2 rings (SSSR count). The monoisotopic (exact) mass is 399 g/mol. The normalized spacial score (nSPS) is 11.1. The molecule has 6 nitrogen and oxygen atoms in total. The molecule has 0 saturated carbocycles. The Kier molecular flexibility index (Phi) is 9.15. The Balaban J connectivity index is 1.95. The molecule has 0 fully saturated rings. The van der Waals surface area contributed by atoms with Crippen molar-refractivity contribution in [3.63, 3.8) is 0 Å². The molecular formula is C23H33N3O3. The zero-order chi connectivity index (χ0) is 21.1. The molecular weight excluding hydrogens is 366 g/mol. The van der Waals surface area contributed by atoms with Crippen LogP contribution >= 0.6 is 0 Å². The van der Waals surface area contributed by atoms with Gasteiger partial charge < -0.3 is 24.4 Å². The van der Waals surface area contributed by atoms with Crippen LogP contribution in [0.4, 0.5) is 0 Å². The third kappa shape index (κ3) is 6.89. The number of likely N-dealkylation sites (N-methyl/N-ethyl adjacent to an activating group) is 1. The molecule has 0 atom stereocenters. The largest absolute Gasteiger partial charge is 0.497 e. The molecule has 0 bridgehead atoms. The molecule has 2 aromatic rings. The van der Waals surface area contributed by atoms with Gasteiger partial charge in [0.25, 0.3) is 0 Å². The van der Waals surface area contributed by atoms with E-state index in [2.05, 4.69) is 42.4 Å². The number of hydrogen-bond acceptors (Lipinski definition) is 4. The maximum atomic E-state index is 5.40. The van der Waals surface area contributed by atoms with Gasteiger partial charge >= 0.3 is 0 Å². The Labute approximate surface area is 174 Å². The Bertz CT molecular complexity index is 793. The van der Waals surface area contributed by atoms with Crippen LogP contribution in [0.2, 0.25) is 0 Å². The molecule has 0 aromatic heterocycles. The third-order valence-corrected chi connectivity index (χ3v) is 4.68. The van der Waals surface area contributed by atoms with E-state index in [1.54, 1.807) is 21.3 Å². The predicted octanol–water partition coefficient (Wildman–Crippen LogP) is 3.39.